The molecule has 0 aliphatic heterocycles. The van der Waals surface area contributed by atoms with E-state index in [9.17, 15) is 15.0 Å². The number of rotatable bonds is 1. The Morgan fingerprint density at radius 2 is 1.93 bits per heavy atom. The number of phenols is 1. The lowest BCUT2D eigenvalue weighted by atomic mass is 10.1. The van der Waals surface area contributed by atoms with Crippen LogP contribution in [0.4, 0.5) is 0 Å². The fraction of sp³-hybridized carbons (Fsp3) is 0. The molecule has 0 saturated carbocycles. The second kappa shape index (κ2) is 2.88. The number of carboxylic acids is 1. The van der Waals surface area contributed by atoms with Crippen LogP contribution in [0.1, 0.15) is 10.4 Å². The Morgan fingerprint density at radius 3 is 2.57 bits per heavy atom. The molecule has 0 amide bonds. The third-order valence-corrected chi connectivity index (χ3v) is 2.89. The van der Waals surface area contributed by atoms with Gasteiger partial charge in [0.25, 0.3) is 0 Å². The molecule has 1 heterocycles. The summed E-state index contributed by atoms with van der Waals surface area (Å²) < 4.78 is 0.493. The molecular formula is C9H6O4S. The summed E-state index contributed by atoms with van der Waals surface area (Å²) in [6.07, 6.45) is 0. The van der Waals surface area contributed by atoms with Gasteiger partial charge in [-0.1, -0.05) is 0 Å². The van der Waals surface area contributed by atoms with Crippen molar-refractivity contribution in [1.82, 2.24) is 0 Å². The zero-order valence-electron chi connectivity index (χ0n) is 6.89. The van der Waals surface area contributed by atoms with Crippen LogP contribution in [0.25, 0.3) is 10.1 Å². The van der Waals surface area contributed by atoms with Crippen LogP contribution < -0.4 is 0 Å². The molecule has 0 saturated heterocycles. The minimum Gasteiger partial charge on any atom is -0.506 e. The summed E-state index contributed by atoms with van der Waals surface area (Å²) in [5.74, 6) is -1.26. The number of aromatic carboxylic acids is 1. The topological polar surface area (TPSA) is 77.8 Å². The van der Waals surface area contributed by atoms with Crippen molar-refractivity contribution in [3.05, 3.63) is 23.1 Å². The molecule has 0 aliphatic rings. The van der Waals surface area contributed by atoms with Crippen LogP contribution in [-0.2, 0) is 0 Å². The molecule has 5 heteroatoms. The Balaban J connectivity index is 2.82. The van der Waals surface area contributed by atoms with Crippen molar-refractivity contribution in [2.45, 2.75) is 0 Å². The van der Waals surface area contributed by atoms with Crippen molar-refractivity contribution < 1.29 is 20.1 Å². The normalized spacial score (nSPS) is 10.6. The maximum Gasteiger partial charge on any atom is 0.335 e. The highest BCUT2D eigenvalue weighted by atomic mass is 32.1. The minimum absolute atomic E-state index is 0.0107. The standard InChI is InChI=1S/C9H6O4S/c10-6-2-4(9(12)13)1-5-7(11)3-14-8(5)6/h1-3,10-11H,(H,12,13). The molecule has 0 spiro atoms. The van der Waals surface area contributed by atoms with E-state index in [0.29, 0.717) is 10.1 Å². The second-order valence-electron chi connectivity index (χ2n) is 2.80. The smallest absolute Gasteiger partial charge is 0.335 e. The predicted molar refractivity (Wildman–Crippen MR) is 52.1 cm³/mol. The van der Waals surface area contributed by atoms with Crippen molar-refractivity contribution >= 4 is 27.4 Å². The van der Waals surface area contributed by atoms with E-state index in [2.05, 4.69) is 0 Å². The lowest BCUT2D eigenvalue weighted by Crippen LogP contribution is -1.94. The SMILES string of the molecule is O=C(O)c1cc(O)c2scc(O)c2c1. The summed E-state index contributed by atoms with van der Waals surface area (Å²) in [5.41, 5.74) is -0.0382. The summed E-state index contributed by atoms with van der Waals surface area (Å²) in [4.78, 5) is 10.6. The molecule has 0 fully saturated rings. The number of aromatic hydroxyl groups is 2. The van der Waals surface area contributed by atoms with Crippen LogP contribution in [0.15, 0.2) is 17.5 Å². The number of carboxylic acid groups (broad SMARTS) is 1. The van der Waals surface area contributed by atoms with Gasteiger partial charge < -0.3 is 15.3 Å². The van der Waals surface area contributed by atoms with Gasteiger partial charge in [0.2, 0.25) is 0 Å². The predicted octanol–water partition coefficient (Wildman–Crippen LogP) is 2.01. The molecule has 14 heavy (non-hydrogen) atoms. The number of thiophene rings is 1. The van der Waals surface area contributed by atoms with Gasteiger partial charge in [-0.2, -0.15) is 0 Å². The van der Waals surface area contributed by atoms with Crippen molar-refractivity contribution in [1.29, 1.82) is 0 Å². The molecule has 0 unspecified atom stereocenters. The Hall–Kier alpha value is -1.75. The maximum atomic E-state index is 10.6. The molecule has 2 rings (SSSR count). The Bertz CT molecular complexity index is 515. The van der Waals surface area contributed by atoms with Gasteiger partial charge in [-0.15, -0.1) is 11.3 Å². The number of phenolic OH excluding ortho intramolecular Hbond substituents is 1. The summed E-state index contributed by atoms with van der Waals surface area (Å²) in [7, 11) is 0. The Labute approximate surface area is 82.7 Å². The second-order valence-corrected chi connectivity index (χ2v) is 3.68. The van der Waals surface area contributed by atoms with Gasteiger partial charge in [0, 0.05) is 10.8 Å². The first-order valence-corrected chi connectivity index (χ1v) is 4.64. The zero-order valence-corrected chi connectivity index (χ0v) is 7.71. The molecule has 0 radical (unpaired) electrons. The molecule has 2 aromatic rings. The fourth-order valence-electron chi connectivity index (χ4n) is 1.23. The van der Waals surface area contributed by atoms with E-state index in [1.165, 1.54) is 28.8 Å². The maximum absolute atomic E-state index is 10.6. The molecule has 72 valence electrons. The van der Waals surface area contributed by atoms with Crippen LogP contribution >= 0.6 is 11.3 Å². The van der Waals surface area contributed by atoms with Crippen LogP contribution in [0.2, 0.25) is 0 Å². The van der Waals surface area contributed by atoms with Gasteiger partial charge in [0.1, 0.15) is 11.5 Å². The summed E-state index contributed by atoms with van der Waals surface area (Å²) in [6, 6.07) is 2.50. The minimum atomic E-state index is -1.13. The molecule has 3 N–H and O–H groups in total. The third-order valence-electron chi connectivity index (χ3n) is 1.88. The third kappa shape index (κ3) is 1.18. The lowest BCUT2D eigenvalue weighted by molar-refractivity contribution is 0.0696. The number of carbonyl (C=O) groups is 1. The average molecular weight is 210 g/mol. The first kappa shape index (κ1) is 8.83. The summed E-state index contributed by atoms with van der Waals surface area (Å²) in [6.45, 7) is 0. The van der Waals surface area contributed by atoms with Crippen molar-refractivity contribution in [2.24, 2.45) is 0 Å². The van der Waals surface area contributed by atoms with Gasteiger partial charge in [0.05, 0.1) is 10.3 Å². The van der Waals surface area contributed by atoms with Crippen molar-refractivity contribution in [2.75, 3.05) is 0 Å². The molecule has 0 atom stereocenters. The number of benzene rings is 1. The molecule has 0 aliphatic carbocycles. The molecule has 1 aromatic heterocycles. The number of hydrogen-bond acceptors (Lipinski definition) is 4. The van der Waals surface area contributed by atoms with E-state index < -0.39 is 5.97 Å². The van der Waals surface area contributed by atoms with Crippen LogP contribution in [-0.4, -0.2) is 21.3 Å². The van der Waals surface area contributed by atoms with E-state index in [-0.39, 0.29) is 17.1 Å². The van der Waals surface area contributed by atoms with Crippen LogP contribution in [0, 0.1) is 0 Å². The highest BCUT2D eigenvalue weighted by molar-refractivity contribution is 7.18. The van der Waals surface area contributed by atoms with E-state index in [4.69, 9.17) is 5.11 Å². The van der Waals surface area contributed by atoms with Gasteiger partial charge in [0.15, 0.2) is 0 Å². The number of fused-ring (bicyclic) bond motifs is 1. The fourth-order valence-corrected chi connectivity index (χ4v) is 2.06. The van der Waals surface area contributed by atoms with Gasteiger partial charge in [-0.25, -0.2) is 4.79 Å². The molecule has 4 nitrogen and oxygen atoms in total. The first-order chi connectivity index (χ1) is 6.59. The average Bonchev–Trinajstić information content (AvgIpc) is 2.48. The zero-order chi connectivity index (χ0) is 10.3. The quantitative estimate of drug-likeness (QED) is 0.672. The van der Waals surface area contributed by atoms with E-state index in [1.807, 2.05) is 0 Å². The molecular weight excluding hydrogens is 204 g/mol. The van der Waals surface area contributed by atoms with E-state index in [1.54, 1.807) is 0 Å². The molecule has 1 aromatic carbocycles. The molecule has 0 bridgehead atoms. The highest BCUT2D eigenvalue weighted by Gasteiger charge is 2.12. The van der Waals surface area contributed by atoms with E-state index >= 15 is 0 Å². The summed E-state index contributed by atoms with van der Waals surface area (Å²) >= 11 is 1.17. The van der Waals surface area contributed by atoms with Crippen molar-refractivity contribution in [3.8, 4) is 11.5 Å². The van der Waals surface area contributed by atoms with Gasteiger partial charge in [-0.3, -0.25) is 0 Å². The van der Waals surface area contributed by atoms with Crippen LogP contribution in [0.3, 0.4) is 0 Å². The first-order valence-electron chi connectivity index (χ1n) is 3.76. The van der Waals surface area contributed by atoms with Crippen molar-refractivity contribution in [3.63, 3.8) is 0 Å². The van der Waals surface area contributed by atoms with Gasteiger partial charge in [-0.05, 0) is 12.1 Å². The highest BCUT2D eigenvalue weighted by Crippen LogP contribution is 2.37. The Kier molecular flexibility index (Phi) is 1.82. The summed E-state index contributed by atoms with van der Waals surface area (Å²) in [5, 5.41) is 29.3. The number of hydrogen-bond donors (Lipinski definition) is 3. The van der Waals surface area contributed by atoms with E-state index in [0.717, 1.165) is 0 Å². The van der Waals surface area contributed by atoms with Crippen LogP contribution in [0.5, 0.6) is 11.5 Å². The monoisotopic (exact) mass is 210 g/mol. The largest absolute Gasteiger partial charge is 0.506 e. The Morgan fingerprint density at radius 1 is 1.21 bits per heavy atom. The van der Waals surface area contributed by atoms with Gasteiger partial charge >= 0.3 is 5.97 Å². The lowest BCUT2D eigenvalue weighted by Gasteiger charge is -1.98.